The number of nitrogens with one attached hydrogen (secondary N) is 1. The van der Waals surface area contributed by atoms with E-state index in [0.29, 0.717) is 5.91 Å². The molecule has 1 unspecified atom stereocenters. The van der Waals surface area contributed by atoms with Gasteiger partial charge in [0, 0.05) is 42.9 Å². The Labute approximate surface area is 154 Å². The lowest BCUT2D eigenvalue weighted by molar-refractivity contribution is -0.134. The van der Waals surface area contributed by atoms with Gasteiger partial charge in [0.05, 0.1) is 0 Å². The van der Waals surface area contributed by atoms with E-state index in [4.69, 9.17) is 4.98 Å². The van der Waals surface area contributed by atoms with E-state index < -0.39 is 0 Å². The topological polar surface area (TPSA) is 71.0 Å². The highest BCUT2D eigenvalue weighted by Crippen LogP contribution is 2.31. The number of nitrogens with zero attached hydrogens (tertiary/aromatic N) is 4. The molecule has 2 fully saturated rings. The first-order valence-corrected chi connectivity index (χ1v) is 9.51. The largest absolute Gasteiger partial charge is 0.342 e. The van der Waals surface area contributed by atoms with Crippen LogP contribution in [0.5, 0.6) is 0 Å². The summed E-state index contributed by atoms with van der Waals surface area (Å²) in [5, 5.41) is 3.24. The fourth-order valence-corrected chi connectivity index (χ4v) is 4.01. The summed E-state index contributed by atoms with van der Waals surface area (Å²) in [6.07, 6.45) is 7.18. The third-order valence-corrected chi connectivity index (χ3v) is 5.36. The molecule has 136 valence electrons. The quantitative estimate of drug-likeness (QED) is 0.914. The number of carbonyl (C=O) groups is 1. The van der Waals surface area contributed by atoms with Crippen LogP contribution in [0.1, 0.15) is 49.5 Å². The number of amides is 1. The number of hydrogen-bond donors (Lipinski definition) is 1. The van der Waals surface area contributed by atoms with E-state index >= 15 is 0 Å². The zero-order valence-electron chi connectivity index (χ0n) is 15.2. The number of carbonyl (C=O) groups excluding carboxylic acids is 1. The molecule has 6 heteroatoms. The molecule has 0 radical (unpaired) electrons. The molecule has 26 heavy (non-hydrogen) atoms. The maximum absolute atomic E-state index is 12.7. The lowest BCUT2D eigenvalue weighted by atomic mass is 10.1. The highest BCUT2D eigenvalue weighted by Gasteiger charge is 2.33. The predicted octanol–water partition coefficient (Wildman–Crippen LogP) is 3.43. The number of rotatable bonds is 4. The van der Waals surface area contributed by atoms with Crippen molar-refractivity contribution in [2.75, 3.05) is 18.4 Å². The van der Waals surface area contributed by atoms with Gasteiger partial charge >= 0.3 is 0 Å². The maximum Gasteiger partial charge on any atom is 0.225 e. The summed E-state index contributed by atoms with van der Waals surface area (Å²) in [6, 6.07) is 7.66. The fraction of sp³-hybridized carbons (Fsp3) is 0.500. The summed E-state index contributed by atoms with van der Waals surface area (Å²) in [6.45, 7) is 3.54. The number of pyridine rings is 1. The third-order valence-electron chi connectivity index (χ3n) is 5.36. The highest BCUT2D eigenvalue weighted by molar-refractivity contribution is 5.79. The first-order valence-electron chi connectivity index (χ1n) is 9.51. The Kier molecular flexibility index (Phi) is 4.82. The van der Waals surface area contributed by atoms with Crippen LogP contribution in [0.15, 0.2) is 30.5 Å². The molecule has 1 saturated heterocycles. The van der Waals surface area contributed by atoms with Crippen LogP contribution < -0.4 is 5.32 Å². The second-order valence-corrected chi connectivity index (χ2v) is 7.34. The lowest BCUT2D eigenvalue weighted by Crippen LogP contribution is -2.33. The van der Waals surface area contributed by atoms with Gasteiger partial charge in [0.25, 0.3) is 0 Å². The van der Waals surface area contributed by atoms with E-state index in [1.165, 1.54) is 12.8 Å². The van der Waals surface area contributed by atoms with E-state index in [1.807, 2.05) is 36.1 Å². The second kappa shape index (κ2) is 7.40. The van der Waals surface area contributed by atoms with Crippen LogP contribution in [0.4, 0.5) is 11.6 Å². The van der Waals surface area contributed by atoms with Crippen LogP contribution in [-0.2, 0) is 4.79 Å². The molecule has 4 rings (SSSR count). The van der Waals surface area contributed by atoms with Gasteiger partial charge in [-0.3, -0.25) is 4.79 Å². The Balaban J connectivity index is 1.46. The Hall–Kier alpha value is -2.50. The van der Waals surface area contributed by atoms with Crippen molar-refractivity contribution in [1.29, 1.82) is 0 Å². The molecule has 1 aliphatic heterocycles. The van der Waals surface area contributed by atoms with E-state index in [0.717, 1.165) is 55.5 Å². The summed E-state index contributed by atoms with van der Waals surface area (Å²) < 4.78 is 0. The van der Waals surface area contributed by atoms with Crippen LogP contribution >= 0.6 is 0 Å². The molecule has 1 atom stereocenters. The number of aryl methyl sites for hydroxylation is 1. The Morgan fingerprint density at radius 2 is 2.00 bits per heavy atom. The van der Waals surface area contributed by atoms with Crippen molar-refractivity contribution in [1.82, 2.24) is 19.9 Å². The maximum atomic E-state index is 12.7. The molecule has 1 amide bonds. The molecule has 2 aromatic heterocycles. The number of aromatic nitrogens is 3. The highest BCUT2D eigenvalue weighted by atomic mass is 16.2. The van der Waals surface area contributed by atoms with Gasteiger partial charge in [-0.15, -0.1) is 0 Å². The zero-order chi connectivity index (χ0) is 17.9. The zero-order valence-corrected chi connectivity index (χ0v) is 15.2. The smallest absolute Gasteiger partial charge is 0.225 e. The molecule has 0 bridgehead atoms. The minimum Gasteiger partial charge on any atom is -0.342 e. The lowest BCUT2D eigenvalue weighted by Gasteiger charge is -2.20. The van der Waals surface area contributed by atoms with Crippen molar-refractivity contribution in [2.24, 2.45) is 5.92 Å². The Bertz CT molecular complexity index is 773. The summed E-state index contributed by atoms with van der Waals surface area (Å²) in [5.74, 6) is 3.14. The minimum atomic E-state index is 0.213. The van der Waals surface area contributed by atoms with E-state index in [2.05, 4.69) is 15.3 Å². The van der Waals surface area contributed by atoms with Crippen molar-refractivity contribution >= 4 is 17.5 Å². The normalized spacial score (nSPS) is 20.5. The standard InChI is InChI=1S/C20H25N5O/c1-14-12-18(23-17-8-4-5-10-21-17)24-19(22-14)16-9-11-25(13-16)20(26)15-6-2-3-7-15/h4-5,8,10,12,15-16H,2-3,6-7,9,11,13H2,1H3,(H,21,22,23,24). The molecule has 0 aromatic carbocycles. The van der Waals surface area contributed by atoms with Crippen LogP contribution in [0.3, 0.4) is 0 Å². The SMILES string of the molecule is Cc1cc(Nc2ccccn2)nc(C2CCN(C(=O)C3CCCC3)C2)n1. The monoisotopic (exact) mass is 351 g/mol. The van der Waals surface area contributed by atoms with Crippen molar-refractivity contribution in [3.8, 4) is 0 Å². The summed E-state index contributed by atoms with van der Waals surface area (Å²) in [5.41, 5.74) is 0.925. The molecular formula is C20H25N5O. The van der Waals surface area contributed by atoms with Crippen molar-refractivity contribution in [3.05, 3.63) is 42.0 Å². The third kappa shape index (κ3) is 3.69. The van der Waals surface area contributed by atoms with Gasteiger partial charge in [0.2, 0.25) is 5.91 Å². The number of anilines is 2. The Morgan fingerprint density at radius 1 is 1.15 bits per heavy atom. The minimum absolute atomic E-state index is 0.213. The first kappa shape index (κ1) is 16.9. The molecule has 2 aromatic rings. The summed E-state index contributed by atoms with van der Waals surface area (Å²) in [4.78, 5) is 28.3. The van der Waals surface area contributed by atoms with Gasteiger partial charge in [-0.2, -0.15) is 0 Å². The number of hydrogen-bond acceptors (Lipinski definition) is 5. The first-order chi connectivity index (χ1) is 12.7. The molecule has 6 nitrogen and oxygen atoms in total. The van der Waals surface area contributed by atoms with Crippen molar-refractivity contribution < 1.29 is 4.79 Å². The second-order valence-electron chi connectivity index (χ2n) is 7.34. The fourth-order valence-electron chi connectivity index (χ4n) is 4.01. The average Bonchev–Trinajstić information content (AvgIpc) is 3.34. The van der Waals surface area contributed by atoms with Gasteiger partial charge in [-0.05, 0) is 38.3 Å². The van der Waals surface area contributed by atoms with Gasteiger partial charge in [0.1, 0.15) is 17.5 Å². The summed E-state index contributed by atoms with van der Waals surface area (Å²) in [7, 11) is 0. The Morgan fingerprint density at radius 3 is 2.77 bits per heavy atom. The van der Waals surface area contributed by atoms with Crippen LogP contribution in [-0.4, -0.2) is 38.8 Å². The van der Waals surface area contributed by atoms with Crippen molar-refractivity contribution in [2.45, 2.75) is 44.9 Å². The summed E-state index contributed by atoms with van der Waals surface area (Å²) >= 11 is 0. The molecule has 1 saturated carbocycles. The average molecular weight is 351 g/mol. The molecule has 0 spiro atoms. The van der Waals surface area contributed by atoms with Crippen molar-refractivity contribution in [3.63, 3.8) is 0 Å². The van der Waals surface area contributed by atoms with Gasteiger partial charge in [-0.1, -0.05) is 18.9 Å². The molecule has 3 heterocycles. The molecule has 1 N–H and O–H groups in total. The van der Waals surface area contributed by atoms with E-state index in [1.54, 1.807) is 6.20 Å². The van der Waals surface area contributed by atoms with E-state index in [-0.39, 0.29) is 11.8 Å². The molecular weight excluding hydrogens is 326 g/mol. The van der Waals surface area contributed by atoms with Crippen LogP contribution in [0, 0.1) is 12.8 Å². The van der Waals surface area contributed by atoms with Crippen LogP contribution in [0.25, 0.3) is 0 Å². The molecule has 2 aliphatic rings. The van der Waals surface area contributed by atoms with Gasteiger partial charge < -0.3 is 10.2 Å². The van der Waals surface area contributed by atoms with Gasteiger partial charge in [-0.25, -0.2) is 15.0 Å². The number of likely N-dealkylation sites (tertiary alicyclic amines) is 1. The van der Waals surface area contributed by atoms with Gasteiger partial charge in [0.15, 0.2) is 0 Å². The molecule has 1 aliphatic carbocycles. The predicted molar refractivity (Wildman–Crippen MR) is 100 cm³/mol. The van der Waals surface area contributed by atoms with Crippen LogP contribution in [0.2, 0.25) is 0 Å². The van der Waals surface area contributed by atoms with E-state index in [9.17, 15) is 4.79 Å².